The van der Waals surface area contributed by atoms with Gasteiger partial charge in [0.1, 0.15) is 0 Å². The van der Waals surface area contributed by atoms with E-state index in [2.05, 4.69) is 22.1 Å². The first kappa shape index (κ1) is 20.2. The number of aryl methyl sites for hydroxylation is 1. The fourth-order valence-corrected chi connectivity index (χ4v) is 4.37. The van der Waals surface area contributed by atoms with E-state index in [1.54, 1.807) is 19.5 Å². The molecule has 0 N–H and O–H groups in total. The molecule has 4 rings (SSSR count). The van der Waals surface area contributed by atoms with Gasteiger partial charge in [-0.25, -0.2) is 0 Å². The molecule has 5 nitrogen and oxygen atoms in total. The van der Waals surface area contributed by atoms with Crippen molar-refractivity contribution in [3.8, 4) is 11.5 Å². The summed E-state index contributed by atoms with van der Waals surface area (Å²) < 4.78 is 11.9. The second-order valence-corrected chi connectivity index (χ2v) is 8.09. The number of hydrogen-bond acceptors (Lipinski definition) is 5. The summed E-state index contributed by atoms with van der Waals surface area (Å²) in [7, 11) is 1.67. The van der Waals surface area contributed by atoms with Gasteiger partial charge in [-0.1, -0.05) is 30.1 Å². The van der Waals surface area contributed by atoms with Gasteiger partial charge >= 0.3 is 0 Å². The Morgan fingerprint density at radius 1 is 0.966 bits per heavy atom. The van der Waals surface area contributed by atoms with Crippen molar-refractivity contribution in [2.75, 3.05) is 7.11 Å². The number of benzene rings is 1. The van der Waals surface area contributed by atoms with Crippen LogP contribution in [0.3, 0.4) is 0 Å². The molecule has 1 aliphatic carbocycles. The van der Waals surface area contributed by atoms with Crippen LogP contribution in [0.25, 0.3) is 10.8 Å². The Morgan fingerprint density at radius 3 is 2.24 bits per heavy atom. The van der Waals surface area contributed by atoms with Crippen LogP contribution in [-0.4, -0.2) is 28.4 Å². The highest BCUT2D eigenvalue weighted by Gasteiger charge is 2.21. The first-order chi connectivity index (χ1) is 14.1. The number of halogens is 2. The van der Waals surface area contributed by atoms with Gasteiger partial charge < -0.3 is 9.47 Å². The van der Waals surface area contributed by atoms with Crippen molar-refractivity contribution in [3.05, 3.63) is 51.5 Å². The first-order valence-corrected chi connectivity index (χ1v) is 10.7. The Hall–Kier alpha value is -2.11. The molecule has 0 radical (unpaired) electrons. The van der Waals surface area contributed by atoms with Crippen LogP contribution in [0, 0.1) is 0 Å². The van der Waals surface area contributed by atoms with Gasteiger partial charge in [-0.05, 0) is 49.8 Å². The Kier molecular flexibility index (Phi) is 6.07. The summed E-state index contributed by atoms with van der Waals surface area (Å²) in [6.45, 7) is 2.06. The van der Waals surface area contributed by atoms with Crippen molar-refractivity contribution >= 4 is 34.0 Å². The number of pyridine rings is 1. The van der Waals surface area contributed by atoms with E-state index in [9.17, 15) is 0 Å². The molecule has 0 aliphatic heterocycles. The molecule has 2 aromatic heterocycles. The Morgan fingerprint density at radius 2 is 1.59 bits per heavy atom. The molecule has 0 unspecified atom stereocenters. The highest BCUT2D eigenvalue weighted by atomic mass is 35.5. The normalized spacial score (nSPS) is 14.5. The molecular weight excluding hydrogens is 409 g/mol. The molecule has 0 bridgehead atoms. The van der Waals surface area contributed by atoms with Gasteiger partial charge in [-0.15, -0.1) is 0 Å². The number of methoxy groups -OCH3 is 1. The predicted molar refractivity (Wildman–Crippen MR) is 115 cm³/mol. The van der Waals surface area contributed by atoms with E-state index in [1.165, 1.54) is 12.8 Å². The van der Waals surface area contributed by atoms with Crippen molar-refractivity contribution in [3.63, 3.8) is 0 Å². The minimum absolute atomic E-state index is 0.231. The van der Waals surface area contributed by atoms with Crippen molar-refractivity contribution < 1.29 is 9.47 Å². The largest absolute Gasteiger partial charge is 0.493 e. The predicted octanol–water partition coefficient (Wildman–Crippen LogP) is 5.81. The summed E-state index contributed by atoms with van der Waals surface area (Å²) in [6, 6.07) is 4.03. The molecule has 0 saturated heterocycles. The fourth-order valence-electron chi connectivity index (χ4n) is 3.87. The van der Waals surface area contributed by atoms with Crippen LogP contribution in [0.4, 0.5) is 0 Å². The van der Waals surface area contributed by atoms with Crippen LogP contribution in [0.1, 0.15) is 49.6 Å². The van der Waals surface area contributed by atoms with Crippen LogP contribution in [0.5, 0.6) is 11.5 Å². The summed E-state index contributed by atoms with van der Waals surface area (Å²) in [5.74, 6) is 1.47. The molecule has 2 heterocycles. The molecule has 1 aliphatic rings. The monoisotopic (exact) mass is 431 g/mol. The Labute approximate surface area is 180 Å². The summed E-state index contributed by atoms with van der Waals surface area (Å²) in [5.41, 5.74) is 2.50. The lowest BCUT2D eigenvalue weighted by Crippen LogP contribution is -2.12. The zero-order valence-corrected chi connectivity index (χ0v) is 18.1. The molecule has 29 heavy (non-hydrogen) atoms. The minimum atomic E-state index is 0.231. The number of fused-ring (bicyclic) bond motifs is 1. The van der Waals surface area contributed by atoms with Crippen LogP contribution in [-0.2, 0) is 12.8 Å². The zero-order valence-electron chi connectivity index (χ0n) is 16.5. The molecule has 1 aromatic carbocycles. The highest BCUT2D eigenvalue weighted by molar-refractivity contribution is 6.35. The van der Waals surface area contributed by atoms with E-state index in [1.807, 2.05) is 12.1 Å². The summed E-state index contributed by atoms with van der Waals surface area (Å²) in [5, 5.41) is 12.0. The van der Waals surface area contributed by atoms with Gasteiger partial charge in [0.25, 0.3) is 0 Å². The summed E-state index contributed by atoms with van der Waals surface area (Å²) >= 11 is 12.7. The van der Waals surface area contributed by atoms with E-state index >= 15 is 0 Å². The lowest BCUT2D eigenvalue weighted by atomic mass is 10.0. The molecular formula is C22H23Cl2N3O2. The molecule has 152 valence electrons. The quantitative estimate of drug-likeness (QED) is 0.492. The van der Waals surface area contributed by atoms with E-state index in [4.69, 9.17) is 32.7 Å². The average molecular weight is 432 g/mol. The van der Waals surface area contributed by atoms with Crippen LogP contribution in [0.15, 0.2) is 24.5 Å². The minimum Gasteiger partial charge on any atom is -0.493 e. The van der Waals surface area contributed by atoms with Gasteiger partial charge in [0.05, 0.1) is 34.6 Å². The number of hydrogen-bond donors (Lipinski definition) is 0. The van der Waals surface area contributed by atoms with E-state index in [0.717, 1.165) is 58.5 Å². The van der Waals surface area contributed by atoms with Gasteiger partial charge in [-0.2, -0.15) is 10.2 Å². The van der Waals surface area contributed by atoms with Crippen molar-refractivity contribution in [1.82, 2.24) is 15.2 Å². The standard InChI is InChI=1S/C22H23Cl2N3O2/c1-3-19-14-9-21(28-2)22(29-13-6-4-5-7-13)10-15(14)20(27-26-19)8-16-17(23)11-25-12-18(16)24/h9-13H,3-8H2,1-2H3. The summed E-state index contributed by atoms with van der Waals surface area (Å²) in [4.78, 5) is 4.03. The maximum atomic E-state index is 6.34. The third-order valence-corrected chi connectivity index (χ3v) is 6.10. The van der Waals surface area contributed by atoms with E-state index in [-0.39, 0.29) is 6.10 Å². The second-order valence-electron chi connectivity index (χ2n) is 7.28. The lowest BCUT2D eigenvalue weighted by Gasteiger charge is -2.18. The van der Waals surface area contributed by atoms with Gasteiger partial charge in [-0.3, -0.25) is 4.98 Å². The molecule has 0 amide bonds. The van der Waals surface area contributed by atoms with Gasteiger partial charge in [0, 0.05) is 29.6 Å². The van der Waals surface area contributed by atoms with Crippen molar-refractivity contribution in [2.24, 2.45) is 0 Å². The van der Waals surface area contributed by atoms with Crippen LogP contribution >= 0.6 is 23.2 Å². The maximum absolute atomic E-state index is 6.34. The zero-order chi connectivity index (χ0) is 20.4. The summed E-state index contributed by atoms with van der Waals surface area (Å²) in [6.07, 6.45) is 9.21. The molecule has 7 heteroatoms. The van der Waals surface area contributed by atoms with E-state index in [0.29, 0.717) is 16.5 Å². The van der Waals surface area contributed by atoms with Gasteiger partial charge in [0.2, 0.25) is 0 Å². The van der Waals surface area contributed by atoms with Crippen molar-refractivity contribution in [2.45, 2.75) is 51.6 Å². The molecule has 3 aromatic rings. The number of nitrogens with zero attached hydrogens (tertiary/aromatic N) is 3. The molecule has 0 spiro atoms. The van der Waals surface area contributed by atoms with Crippen LogP contribution < -0.4 is 9.47 Å². The third-order valence-electron chi connectivity index (χ3n) is 5.44. The third kappa shape index (κ3) is 4.12. The van der Waals surface area contributed by atoms with Gasteiger partial charge in [0.15, 0.2) is 11.5 Å². The fraction of sp³-hybridized carbons (Fsp3) is 0.409. The van der Waals surface area contributed by atoms with E-state index < -0.39 is 0 Å². The number of rotatable bonds is 6. The first-order valence-electron chi connectivity index (χ1n) is 9.91. The second kappa shape index (κ2) is 8.72. The number of ether oxygens (including phenoxy) is 2. The smallest absolute Gasteiger partial charge is 0.162 e. The average Bonchev–Trinajstić information content (AvgIpc) is 3.23. The maximum Gasteiger partial charge on any atom is 0.162 e. The molecule has 1 fully saturated rings. The number of aromatic nitrogens is 3. The Bertz CT molecular complexity index is 1020. The molecule has 1 saturated carbocycles. The van der Waals surface area contributed by atoms with Crippen LogP contribution in [0.2, 0.25) is 10.0 Å². The lowest BCUT2D eigenvalue weighted by molar-refractivity contribution is 0.201. The van der Waals surface area contributed by atoms with Crippen molar-refractivity contribution in [1.29, 1.82) is 0 Å². The topological polar surface area (TPSA) is 57.1 Å². The molecule has 0 atom stereocenters. The SMILES string of the molecule is CCc1nnc(Cc2c(Cl)cncc2Cl)c2cc(OC3CCCC3)c(OC)cc12. The highest BCUT2D eigenvalue weighted by Crippen LogP contribution is 2.38. The Balaban J connectivity index is 1.83.